The lowest BCUT2D eigenvalue weighted by Crippen LogP contribution is -2.41. The first-order valence-electron chi connectivity index (χ1n) is 11.7. The van der Waals surface area contributed by atoms with Gasteiger partial charge in [0.1, 0.15) is 12.4 Å². The molecule has 0 aliphatic rings. The largest absolute Gasteiger partial charge is 0.385 e. The van der Waals surface area contributed by atoms with Gasteiger partial charge >= 0.3 is 6.03 Å². The molecular weight excluding hydrogens is 442 g/mol. The van der Waals surface area contributed by atoms with Gasteiger partial charge in [-0.2, -0.15) is 5.10 Å². The van der Waals surface area contributed by atoms with Crippen molar-refractivity contribution in [3.63, 3.8) is 0 Å². The standard InChI is InChI=1S/C27H35N5O3/c1-20-12-14-22(15-13-20)32-24(18-23(30-32)27(2,3)4)29-25(33)19-31(16-9-17-35-5)26(34)28-21-10-7-6-8-11-21/h6-8,10-15,18H,9,16-17,19H2,1-5H3,(H,28,34)(H,29,33). The molecule has 8 nitrogen and oxygen atoms in total. The molecule has 3 aromatic rings. The van der Waals surface area contributed by atoms with E-state index in [1.807, 2.05) is 55.5 Å². The molecule has 1 heterocycles. The molecule has 186 valence electrons. The van der Waals surface area contributed by atoms with E-state index >= 15 is 0 Å². The zero-order valence-electron chi connectivity index (χ0n) is 21.2. The molecule has 0 atom stereocenters. The fourth-order valence-corrected chi connectivity index (χ4v) is 3.45. The van der Waals surface area contributed by atoms with Crippen molar-refractivity contribution in [3.05, 3.63) is 71.9 Å². The Morgan fingerprint density at radius 1 is 1.03 bits per heavy atom. The molecule has 0 unspecified atom stereocenters. The third-order valence-corrected chi connectivity index (χ3v) is 5.45. The van der Waals surface area contributed by atoms with Crippen molar-refractivity contribution in [2.24, 2.45) is 0 Å². The van der Waals surface area contributed by atoms with Crippen LogP contribution in [-0.2, 0) is 14.9 Å². The van der Waals surface area contributed by atoms with Crippen LogP contribution in [0.2, 0.25) is 0 Å². The Morgan fingerprint density at radius 2 is 1.71 bits per heavy atom. The van der Waals surface area contributed by atoms with Gasteiger partial charge in [0.25, 0.3) is 0 Å². The maximum absolute atomic E-state index is 13.1. The second-order valence-electron chi connectivity index (χ2n) is 9.52. The van der Waals surface area contributed by atoms with Crippen LogP contribution in [0.1, 0.15) is 38.4 Å². The smallest absolute Gasteiger partial charge is 0.322 e. The first kappa shape index (κ1) is 26.0. The number of carbonyl (C=O) groups is 2. The molecule has 0 aliphatic carbocycles. The average molecular weight is 478 g/mol. The number of hydrogen-bond acceptors (Lipinski definition) is 4. The van der Waals surface area contributed by atoms with Crippen LogP contribution < -0.4 is 10.6 Å². The van der Waals surface area contributed by atoms with Crippen LogP contribution >= 0.6 is 0 Å². The Balaban J connectivity index is 1.79. The number of methoxy groups -OCH3 is 1. The summed E-state index contributed by atoms with van der Waals surface area (Å²) < 4.78 is 6.86. The molecule has 0 fully saturated rings. The summed E-state index contributed by atoms with van der Waals surface area (Å²) in [5.74, 6) is 0.253. The Hall–Kier alpha value is -3.65. The Kier molecular flexibility index (Phi) is 8.65. The van der Waals surface area contributed by atoms with Crippen LogP contribution in [0.25, 0.3) is 5.69 Å². The molecule has 0 bridgehead atoms. The summed E-state index contributed by atoms with van der Waals surface area (Å²) in [6.45, 7) is 9.01. The average Bonchev–Trinajstić information content (AvgIpc) is 3.24. The van der Waals surface area contributed by atoms with Gasteiger partial charge in [0.05, 0.1) is 11.4 Å². The van der Waals surface area contributed by atoms with Gasteiger partial charge in [-0.1, -0.05) is 56.7 Å². The molecule has 0 saturated carbocycles. The zero-order valence-corrected chi connectivity index (χ0v) is 21.2. The van der Waals surface area contributed by atoms with Crippen molar-refractivity contribution in [3.8, 4) is 5.69 Å². The van der Waals surface area contributed by atoms with Crippen molar-refractivity contribution in [2.75, 3.05) is 37.4 Å². The van der Waals surface area contributed by atoms with Crippen LogP contribution in [0.15, 0.2) is 60.7 Å². The van der Waals surface area contributed by atoms with Crippen LogP contribution in [0.3, 0.4) is 0 Å². The molecule has 2 aromatic carbocycles. The minimum absolute atomic E-state index is 0.105. The van der Waals surface area contributed by atoms with Gasteiger partial charge in [-0.25, -0.2) is 9.48 Å². The molecule has 0 radical (unpaired) electrons. The predicted molar refractivity (Wildman–Crippen MR) is 139 cm³/mol. The number of amides is 3. The van der Waals surface area contributed by atoms with Gasteiger partial charge in [-0.15, -0.1) is 0 Å². The summed E-state index contributed by atoms with van der Waals surface area (Å²) in [5, 5.41) is 10.6. The van der Waals surface area contributed by atoms with Crippen LogP contribution in [-0.4, -0.2) is 53.4 Å². The second kappa shape index (κ2) is 11.7. The van der Waals surface area contributed by atoms with Crippen molar-refractivity contribution in [1.29, 1.82) is 0 Å². The van der Waals surface area contributed by atoms with E-state index in [2.05, 4.69) is 31.4 Å². The van der Waals surface area contributed by atoms with Gasteiger partial charge < -0.3 is 20.3 Å². The number of hydrogen-bond donors (Lipinski definition) is 2. The van der Waals surface area contributed by atoms with Gasteiger partial charge in [-0.05, 0) is 37.6 Å². The Bertz CT molecular complexity index is 1120. The van der Waals surface area contributed by atoms with Crippen molar-refractivity contribution < 1.29 is 14.3 Å². The molecule has 0 saturated heterocycles. The predicted octanol–water partition coefficient (Wildman–Crippen LogP) is 4.99. The lowest BCUT2D eigenvalue weighted by Gasteiger charge is -2.22. The van der Waals surface area contributed by atoms with E-state index in [1.54, 1.807) is 23.9 Å². The molecule has 35 heavy (non-hydrogen) atoms. The molecular formula is C27H35N5O3. The van der Waals surface area contributed by atoms with E-state index in [0.717, 1.165) is 16.9 Å². The highest BCUT2D eigenvalue weighted by atomic mass is 16.5. The SMILES string of the molecule is COCCCN(CC(=O)Nc1cc(C(C)(C)C)nn1-c1ccc(C)cc1)C(=O)Nc1ccccc1. The van der Waals surface area contributed by atoms with E-state index in [4.69, 9.17) is 9.84 Å². The van der Waals surface area contributed by atoms with Gasteiger partial charge in [-0.3, -0.25) is 4.79 Å². The lowest BCUT2D eigenvalue weighted by atomic mass is 9.92. The number of rotatable bonds is 9. The number of nitrogens with zero attached hydrogens (tertiary/aromatic N) is 3. The molecule has 1 aromatic heterocycles. The quantitative estimate of drug-likeness (QED) is 0.425. The summed E-state index contributed by atoms with van der Waals surface area (Å²) in [6.07, 6.45) is 0.613. The number of benzene rings is 2. The highest BCUT2D eigenvalue weighted by Crippen LogP contribution is 2.26. The normalized spacial score (nSPS) is 11.2. The van der Waals surface area contributed by atoms with E-state index in [0.29, 0.717) is 31.1 Å². The summed E-state index contributed by atoms with van der Waals surface area (Å²) in [7, 11) is 1.61. The number of anilines is 2. The zero-order chi connectivity index (χ0) is 25.4. The van der Waals surface area contributed by atoms with Crippen molar-refractivity contribution in [2.45, 2.75) is 39.5 Å². The molecule has 2 N–H and O–H groups in total. The maximum Gasteiger partial charge on any atom is 0.322 e. The molecule has 0 spiro atoms. The number of ether oxygens (including phenoxy) is 1. The summed E-state index contributed by atoms with van der Waals surface area (Å²) in [4.78, 5) is 27.5. The van der Waals surface area contributed by atoms with E-state index in [1.165, 1.54) is 4.90 Å². The van der Waals surface area contributed by atoms with Gasteiger partial charge in [0, 0.05) is 37.4 Å². The van der Waals surface area contributed by atoms with E-state index in [-0.39, 0.29) is 23.9 Å². The summed E-state index contributed by atoms with van der Waals surface area (Å²) >= 11 is 0. The molecule has 3 rings (SSSR count). The van der Waals surface area contributed by atoms with E-state index in [9.17, 15) is 9.59 Å². The highest BCUT2D eigenvalue weighted by Gasteiger charge is 2.23. The second-order valence-corrected chi connectivity index (χ2v) is 9.52. The summed E-state index contributed by atoms with van der Waals surface area (Å²) in [5.41, 5.74) is 3.31. The third kappa shape index (κ3) is 7.42. The Labute approximate surface area is 207 Å². The third-order valence-electron chi connectivity index (χ3n) is 5.45. The van der Waals surface area contributed by atoms with Crippen molar-refractivity contribution in [1.82, 2.24) is 14.7 Å². The Morgan fingerprint density at radius 3 is 2.34 bits per heavy atom. The fourth-order valence-electron chi connectivity index (χ4n) is 3.45. The molecule has 8 heteroatoms. The van der Waals surface area contributed by atoms with Crippen LogP contribution in [0, 0.1) is 6.92 Å². The number of carbonyl (C=O) groups excluding carboxylic acids is 2. The van der Waals surface area contributed by atoms with E-state index < -0.39 is 0 Å². The molecule has 0 aliphatic heterocycles. The topological polar surface area (TPSA) is 88.5 Å². The van der Waals surface area contributed by atoms with Crippen molar-refractivity contribution >= 4 is 23.4 Å². The van der Waals surface area contributed by atoms with Gasteiger partial charge in [0.15, 0.2) is 0 Å². The number of aromatic nitrogens is 2. The number of nitrogens with one attached hydrogen (secondary N) is 2. The highest BCUT2D eigenvalue weighted by molar-refractivity contribution is 5.96. The fraction of sp³-hybridized carbons (Fsp3) is 0.370. The lowest BCUT2D eigenvalue weighted by molar-refractivity contribution is -0.116. The number of aryl methyl sites for hydroxylation is 1. The van der Waals surface area contributed by atoms with Crippen LogP contribution in [0.4, 0.5) is 16.3 Å². The monoisotopic (exact) mass is 477 g/mol. The first-order valence-corrected chi connectivity index (χ1v) is 11.7. The van der Waals surface area contributed by atoms with Crippen LogP contribution in [0.5, 0.6) is 0 Å². The van der Waals surface area contributed by atoms with Gasteiger partial charge in [0.2, 0.25) is 5.91 Å². The minimum Gasteiger partial charge on any atom is -0.385 e. The summed E-state index contributed by atoms with van der Waals surface area (Å²) in [6, 6.07) is 18.7. The molecule has 3 amide bonds. The first-order chi connectivity index (χ1) is 16.7. The minimum atomic E-state index is -0.343. The number of urea groups is 1. The maximum atomic E-state index is 13.1. The number of para-hydroxylation sites is 1.